The maximum Gasteiger partial charge on any atom is 0.254 e. The van der Waals surface area contributed by atoms with E-state index in [1.807, 2.05) is 17.0 Å². The Hall–Kier alpha value is -1.00. The van der Waals surface area contributed by atoms with E-state index in [9.17, 15) is 4.79 Å². The van der Waals surface area contributed by atoms with Gasteiger partial charge >= 0.3 is 0 Å². The molecule has 1 N–H and O–H groups in total. The lowest BCUT2D eigenvalue weighted by molar-refractivity contribution is 0.0656. The van der Waals surface area contributed by atoms with E-state index in [2.05, 4.69) is 30.6 Å². The molecule has 0 radical (unpaired) electrons. The lowest BCUT2D eigenvalue weighted by Gasteiger charge is -2.34. The maximum atomic E-state index is 12.4. The number of hydrogen-bond acceptors (Lipinski definition) is 3. The summed E-state index contributed by atoms with van der Waals surface area (Å²) in [6, 6.07) is 8.27. The van der Waals surface area contributed by atoms with Gasteiger partial charge in [-0.05, 0) is 30.9 Å². The number of rotatable bonds is 3. The van der Waals surface area contributed by atoms with E-state index in [1.165, 1.54) is 5.56 Å². The Morgan fingerprint density at radius 1 is 1.44 bits per heavy atom. The van der Waals surface area contributed by atoms with Crippen LogP contribution in [0.25, 0.3) is 0 Å². The second-order valence-corrected chi connectivity index (χ2v) is 5.55. The lowest BCUT2D eigenvalue weighted by Crippen LogP contribution is -2.52. The molecule has 98 valence electrons. The van der Waals surface area contributed by atoms with E-state index in [0.29, 0.717) is 0 Å². The highest BCUT2D eigenvalue weighted by Crippen LogP contribution is 2.14. The van der Waals surface area contributed by atoms with Crippen LogP contribution in [0.15, 0.2) is 24.3 Å². The summed E-state index contributed by atoms with van der Waals surface area (Å²) in [5.41, 5.74) is 2.07. The van der Waals surface area contributed by atoms with E-state index in [4.69, 9.17) is 0 Å². The van der Waals surface area contributed by atoms with Gasteiger partial charge in [-0.25, -0.2) is 0 Å². The number of carbonyl (C=O) groups is 1. The van der Waals surface area contributed by atoms with Crippen LogP contribution in [0.4, 0.5) is 0 Å². The highest BCUT2D eigenvalue weighted by Gasteiger charge is 2.23. The number of amides is 1. The van der Waals surface area contributed by atoms with Crippen LogP contribution in [0.5, 0.6) is 0 Å². The number of hydrogen-bond donors (Lipinski definition) is 1. The van der Waals surface area contributed by atoms with Crippen molar-refractivity contribution in [3.05, 3.63) is 35.4 Å². The molecule has 0 aliphatic carbocycles. The van der Waals surface area contributed by atoms with Gasteiger partial charge in [-0.3, -0.25) is 4.79 Å². The Bertz CT molecular complexity index is 405. The molecule has 3 nitrogen and oxygen atoms in total. The molecule has 0 aromatic heterocycles. The SMILES string of the molecule is CSCc1ccc(C(=O)N2CCNCC2C)cc1. The summed E-state index contributed by atoms with van der Waals surface area (Å²) in [5, 5.41) is 3.30. The van der Waals surface area contributed by atoms with Crippen LogP contribution in [0.3, 0.4) is 0 Å². The molecule has 1 aliphatic heterocycles. The van der Waals surface area contributed by atoms with Gasteiger partial charge in [0.15, 0.2) is 0 Å². The minimum atomic E-state index is 0.153. The third-order valence-electron chi connectivity index (χ3n) is 3.27. The van der Waals surface area contributed by atoms with Crippen molar-refractivity contribution in [1.29, 1.82) is 0 Å². The largest absolute Gasteiger partial charge is 0.333 e. The van der Waals surface area contributed by atoms with E-state index < -0.39 is 0 Å². The third kappa shape index (κ3) is 3.06. The zero-order valence-electron chi connectivity index (χ0n) is 11.0. The number of piperazine rings is 1. The average Bonchev–Trinajstić information content (AvgIpc) is 2.40. The fourth-order valence-corrected chi connectivity index (χ4v) is 2.74. The van der Waals surface area contributed by atoms with Crippen molar-refractivity contribution in [2.45, 2.75) is 18.7 Å². The van der Waals surface area contributed by atoms with Gasteiger partial charge in [0.05, 0.1) is 0 Å². The van der Waals surface area contributed by atoms with Crippen molar-refractivity contribution in [3.8, 4) is 0 Å². The molecule has 1 aliphatic rings. The normalized spacial score (nSPS) is 19.9. The first-order valence-electron chi connectivity index (χ1n) is 6.32. The smallest absolute Gasteiger partial charge is 0.254 e. The van der Waals surface area contributed by atoms with Crippen LogP contribution in [0.1, 0.15) is 22.8 Å². The molecule has 0 bridgehead atoms. The standard InChI is InChI=1S/C14H20N2OS/c1-11-9-15-7-8-16(11)14(17)13-5-3-12(4-6-13)10-18-2/h3-6,11,15H,7-10H2,1-2H3. The molecule has 4 heteroatoms. The summed E-state index contributed by atoms with van der Waals surface area (Å²) < 4.78 is 0. The Morgan fingerprint density at radius 3 is 2.78 bits per heavy atom. The van der Waals surface area contributed by atoms with Crippen LogP contribution in [-0.4, -0.2) is 42.7 Å². The quantitative estimate of drug-likeness (QED) is 0.906. The second kappa shape index (κ2) is 6.25. The van der Waals surface area contributed by atoms with Crippen molar-refractivity contribution in [2.75, 3.05) is 25.9 Å². The first kappa shape index (κ1) is 13.4. The maximum absolute atomic E-state index is 12.4. The highest BCUT2D eigenvalue weighted by molar-refractivity contribution is 7.97. The van der Waals surface area contributed by atoms with Gasteiger partial charge in [0.1, 0.15) is 0 Å². The van der Waals surface area contributed by atoms with E-state index in [0.717, 1.165) is 31.0 Å². The van der Waals surface area contributed by atoms with Crippen molar-refractivity contribution < 1.29 is 4.79 Å². The second-order valence-electron chi connectivity index (χ2n) is 4.68. The Kier molecular flexibility index (Phi) is 4.66. The minimum Gasteiger partial charge on any atom is -0.333 e. The molecule has 1 atom stereocenters. The van der Waals surface area contributed by atoms with Crippen LogP contribution in [-0.2, 0) is 5.75 Å². The molecule has 1 aromatic rings. The molecule has 1 fully saturated rings. The zero-order valence-corrected chi connectivity index (χ0v) is 11.8. The van der Waals surface area contributed by atoms with Gasteiger partial charge in [0.2, 0.25) is 0 Å². The van der Waals surface area contributed by atoms with Gasteiger partial charge in [0, 0.05) is 37.0 Å². The van der Waals surface area contributed by atoms with Gasteiger partial charge in [-0.15, -0.1) is 0 Å². The zero-order chi connectivity index (χ0) is 13.0. The van der Waals surface area contributed by atoms with Gasteiger partial charge in [-0.2, -0.15) is 11.8 Å². The lowest BCUT2D eigenvalue weighted by atomic mass is 10.1. The Morgan fingerprint density at radius 2 is 2.17 bits per heavy atom. The van der Waals surface area contributed by atoms with Crippen molar-refractivity contribution in [2.24, 2.45) is 0 Å². The van der Waals surface area contributed by atoms with Crippen molar-refractivity contribution >= 4 is 17.7 Å². The van der Waals surface area contributed by atoms with Crippen LogP contribution >= 0.6 is 11.8 Å². The number of nitrogens with zero attached hydrogens (tertiary/aromatic N) is 1. The van der Waals surface area contributed by atoms with E-state index >= 15 is 0 Å². The Balaban J connectivity index is 2.08. The summed E-state index contributed by atoms with van der Waals surface area (Å²) in [6.07, 6.45) is 2.08. The van der Waals surface area contributed by atoms with Crippen LogP contribution in [0, 0.1) is 0 Å². The van der Waals surface area contributed by atoms with Gasteiger partial charge in [0.25, 0.3) is 5.91 Å². The summed E-state index contributed by atoms with van der Waals surface area (Å²) in [7, 11) is 0. The van der Waals surface area contributed by atoms with E-state index in [-0.39, 0.29) is 11.9 Å². The molecule has 2 rings (SSSR count). The fourth-order valence-electron chi connectivity index (χ4n) is 2.22. The molecule has 1 unspecified atom stereocenters. The first-order chi connectivity index (χ1) is 8.72. The fraction of sp³-hybridized carbons (Fsp3) is 0.500. The van der Waals surface area contributed by atoms with Crippen LogP contribution in [0.2, 0.25) is 0 Å². The van der Waals surface area contributed by atoms with Gasteiger partial charge < -0.3 is 10.2 Å². The molecule has 1 saturated heterocycles. The number of carbonyl (C=O) groups excluding carboxylic acids is 1. The molecular formula is C14H20N2OS. The predicted molar refractivity (Wildman–Crippen MR) is 77.0 cm³/mol. The third-order valence-corrected chi connectivity index (χ3v) is 3.90. The van der Waals surface area contributed by atoms with Gasteiger partial charge in [-0.1, -0.05) is 12.1 Å². The summed E-state index contributed by atoms with van der Waals surface area (Å²) in [5.74, 6) is 1.15. The van der Waals surface area contributed by atoms with E-state index in [1.54, 1.807) is 11.8 Å². The molecular weight excluding hydrogens is 244 g/mol. The van der Waals surface area contributed by atoms with Crippen molar-refractivity contribution in [1.82, 2.24) is 10.2 Å². The Labute approximate surface area is 113 Å². The molecule has 1 heterocycles. The highest BCUT2D eigenvalue weighted by atomic mass is 32.2. The predicted octanol–water partition coefficient (Wildman–Crippen LogP) is 1.98. The number of thioether (sulfide) groups is 1. The molecule has 0 spiro atoms. The minimum absolute atomic E-state index is 0.153. The molecule has 1 amide bonds. The molecule has 18 heavy (non-hydrogen) atoms. The topological polar surface area (TPSA) is 32.3 Å². The number of benzene rings is 1. The summed E-state index contributed by atoms with van der Waals surface area (Å²) in [6.45, 7) is 4.66. The first-order valence-corrected chi connectivity index (χ1v) is 7.71. The van der Waals surface area contributed by atoms with Crippen molar-refractivity contribution in [3.63, 3.8) is 0 Å². The molecule has 0 saturated carbocycles. The molecule has 1 aromatic carbocycles. The van der Waals surface area contributed by atoms with Crippen LogP contribution < -0.4 is 5.32 Å². The summed E-state index contributed by atoms with van der Waals surface area (Å²) in [4.78, 5) is 14.3. The summed E-state index contributed by atoms with van der Waals surface area (Å²) >= 11 is 1.79. The average molecular weight is 264 g/mol. The number of nitrogens with one attached hydrogen (secondary N) is 1. The monoisotopic (exact) mass is 264 g/mol.